The maximum atomic E-state index is 5.71. The fraction of sp³-hybridized carbons (Fsp3) is 0.190. The summed E-state index contributed by atoms with van der Waals surface area (Å²) in [6.45, 7) is 1.56. The lowest BCUT2D eigenvalue weighted by molar-refractivity contribution is 0.311. The summed E-state index contributed by atoms with van der Waals surface area (Å²) in [5, 5.41) is 7.96. The van der Waals surface area contributed by atoms with Crippen molar-refractivity contribution < 1.29 is 9.47 Å². The van der Waals surface area contributed by atoms with Crippen molar-refractivity contribution in [1.82, 2.24) is 19.6 Å². The van der Waals surface area contributed by atoms with Crippen LogP contribution in [0, 0.1) is 0 Å². The van der Waals surface area contributed by atoms with E-state index in [0.29, 0.717) is 18.4 Å². The fourth-order valence-electron chi connectivity index (χ4n) is 3.39. The number of fused-ring (bicyclic) bond motifs is 2. The molecule has 0 atom stereocenters. The fourth-order valence-corrected chi connectivity index (χ4v) is 3.39. The Kier molecular flexibility index (Phi) is 4.16. The SMILES string of the molecule is COc1ccc(-c2ccc3cnc(Nc4ccc5c(c4)N(C)CCO5)nn23)cn1. The van der Waals surface area contributed by atoms with Gasteiger partial charge >= 0.3 is 0 Å². The number of benzene rings is 1. The van der Waals surface area contributed by atoms with Gasteiger partial charge in [-0.1, -0.05) is 0 Å². The molecule has 0 saturated heterocycles. The number of rotatable bonds is 4. The highest BCUT2D eigenvalue weighted by Crippen LogP contribution is 2.33. The number of methoxy groups -OCH3 is 1. The quantitative estimate of drug-likeness (QED) is 0.574. The van der Waals surface area contributed by atoms with E-state index in [4.69, 9.17) is 9.47 Å². The molecule has 0 spiro atoms. The Labute approximate surface area is 167 Å². The monoisotopic (exact) mass is 388 g/mol. The number of ether oxygens (including phenoxy) is 2. The second kappa shape index (κ2) is 6.97. The van der Waals surface area contributed by atoms with Crippen LogP contribution in [0.1, 0.15) is 0 Å². The van der Waals surface area contributed by atoms with E-state index in [1.54, 1.807) is 19.5 Å². The Bertz CT molecular complexity index is 1170. The van der Waals surface area contributed by atoms with Gasteiger partial charge in [-0.05, 0) is 36.4 Å². The molecule has 29 heavy (non-hydrogen) atoms. The molecule has 8 nitrogen and oxygen atoms in total. The number of hydrogen-bond acceptors (Lipinski definition) is 7. The second-order valence-electron chi connectivity index (χ2n) is 6.80. The van der Waals surface area contributed by atoms with Gasteiger partial charge in [0.05, 0.1) is 36.7 Å². The molecule has 0 bridgehead atoms. The molecule has 0 radical (unpaired) electrons. The molecule has 4 heterocycles. The summed E-state index contributed by atoms with van der Waals surface area (Å²) >= 11 is 0. The molecular formula is C21H20N6O2. The van der Waals surface area contributed by atoms with Gasteiger partial charge in [0.2, 0.25) is 11.8 Å². The molecule has 0 unspecified atom stereocenters. The van der Waals surface area contributed by atoms with Crippen molar-refractivity contribution in [2.24, 2.45) is 0 Å². The lowest BCUT2D eigenvalue weighted by atomic mass is 10.2. The minimum absolute atomic E-state index is 0.510. The van der Waals surface area contributed by atoms with Crippen LogP contribution in [-0.2, 0) is 0 Å². The Balaban J connectivity index is 1.47. The van der Waals surface area contributed by atoms with E-state index < -0.39 is 0 Å². The normalized spacial score (nSPS) is 13.1. The van der Waals surface area contributed by atoms with Gasteiger partial charge in [0.25, 0.3) is 0 Å². The van der Waals surface area contributed by atoms with E-state index in [2.05, 4.69) is 32.3 Å². The molecule has 3 aromatic heterocycles. The molecule has 0 fully saturated rings. The number of likely N-dealkylation sites (N-methyl/N-ethyl adjacent to an activating group) is 1. The third-order valence-electron chi connectivity index (χ3n) is 4.95. The zero-order chi connectivity index (χ0) is 19.8. The molecular weight excluding hydrogens is 368 g/mol. The highest BCUT2D eigenvalue weighted by molar-refractivity contribution is 5.70. The summed E-state index contributed by atoms with van der Waals surface area (Å²) in [6, 6.07) is 13.8. The Hall–Kier alpha value is -3.81. The summed E-state index contributed by atoms with van der Waals surface area (Å²) in [4.78, 5) is 10.9. The molecule has 0 aliphatic carbocycles. The van der Waals surface area contributed by atoms with E-state index in [1.165, 1.54) is 0 Å². The van der Waals surface area contributed by atoms with Crippen molar-refractivity contribution in [2.75, 3.05) is 37.5 Å². The number of anilines is 3. The van der Waals surface area contributed by atoms with Crippen molar-refractivity contribution in [3.63, 3.8) is 0 Å². The van der Waals surface area contributed by atoms with Crippen molar-refractivity contribution in [1.29, 1.82) is 0 Å². The van der Waals surface area contributed by atoms with E-state index in [0.717, 1.165) is 40.4 Å². The van der Waals surface area contributed by atoms with Gasteiger partial charge in [-0.25, -0.2) is 14.5 Å². The Morgan fingerprint density at radius 2 is 2.00 bits per heavy atom. The molecule has 146 valence electrons. The van der Waals surface area contributed by atoms with Gasteiger partial charge in [0.15, 0.2) is 0 Å². The molecule has 4 aromatic rings. The van der Waals surface area contributed by atoms with Crippen molar-refractivity contribution in [3.05, 3.63) is 54.9 Å². The largest absolute Gasteiger partial charge is 0.490 e. The highest BCUT2D eigenvalue weighted by Gasteiger charge is 2.15. The average molecular weight is 388 g/mol. The first kappa shape index (κ1) is 17.3. The van der Waals surface area contributed by atoms with Crippen LogP contribution < -0.4 is 19.7 Å². The maximum Gasteiger partial charge on any atom is 0.245 e. The van der Waals surface area contributed by atoms with E-state index in [1.807, 2.05) is 47.0 Å². The summed E-state index contributed by atoms with van der Waals surface area (Å²) in [5.74, 6) is 1.98. The van der Waals surface area contributed by atoms with Crippen LogP contribution in [0.2, 0.25) is 0 Å². The Morgan fingerprint density at radius 3 is 2.83 bits per heavy atom. The first-order valence-corrected chi connectivity index (χ1v) is 9.31. The third kappa shape index (κ3) is 3.18. The first-order valence-electron chi connectivity index (χ1n) is 9.31. The topological polar surface area (TPSA) is 76.8 Å². The molecule has 1 aromatic carbocycles. The van der Waals surface area contributed by atoms with Gasteiger partial charge in [-0.3, -0.25) is 0 Å². The number of aromatic nitrogens is 4. The summed E-state index contributed by atoms with van der Waals surface area (Å²) in [6.07, 6.45) is 3.57. The van der Waals surface area contributed by atoms with Gasteiger partial charge in [0, 0.05) is 30.6 Å². The van der Waals surface area contributed by atoms with E-state index in [9.17, 15) is 0 Å². The second-order valence-corrected chi connectivity index (χ2v) is 6.80. The highest BCUT2D eigenvalue weighted by atomic mass is 16.5. The summed E-state index contributed by atoms with van der Waals surface area (Å²) in [5.41, 5.74) is 4.73. The molecule has 8 heteroatoms. The predicted molar refractivity (Wildman–Crippen MR) is 111 cm³/mol. The minimum Gasteiger partial charge on any atom is -0.490 e. The molecule has 0 saturated carbocycles. The van der Waals surface area contributed by atoms with Crippen LogP contribution in [0.5, 0.6) is 11.6 Å². The third-order valence-corrected chi connectivity index (χ3v) is 4.95. The average Bonchev–Trinajstić information content (AvgIpc) is 3.18. The van der Waals surface area contributed by atoms with Crippen LogP contribution in [0.4, 0.5) is 17.3 Å². The van der Waals surface area contributed by atoms with Crippen LogP contribution in [0.15, 0.2) is 54.9 Å². The molecule has 5 rings (SSSR count). The molecule has 1 aliphatic heterocycles. The van der Waals surface area contributed by atoms with Gasteiger partial charge in [-0.15, -0.1) is 5.10 Å². The number of nitrogens with zero attached hydrogens (tertiary/aromatic N) is 5. The standard InChI is InChI=1S/C21H20N6O2/c1-26-9-10-29-19-7-4-15(11-18(19)26)24-21-23-13-16-5-6-17(27(16)25-21)14-3-8-20(28-2)22-12-14/h3-8,11-13H,9-10H2,1-2H3,(H,24,25). The van der Waals surface area contributed by atoms with Crippen LogP contribution >= 0.6 is 0 Å². The van der Waals surface area contributed by atoms with Crippen molar-refractivity contribution in [2.45, 2.75) is 0 Å². The van der Waals surface area contributed by atoms with E-state index in [-0.39, 0.29) is 0 Å². The number of pyridine rings is 1. The maximum absolute atomic E-state index is 5.71. The van der Waals surface area contributed by atoms with Gasteiger partial charge < -0.3 is 19.7 Å². The predicted octanol–water partition coefficient (Wildman–Crippen LogP) is 3.37. The van der Waals surface area contributed by atoms with Gasteiger partial charge in [0.1, 0.15) is 12.4 Å². The van der Waals surface area contributed by atoms with Gasteiger partial charge in [-0.2, -0.15) is 0 Å². The lowest BCUT2D eigenvalue weighted by Crippen LogP contribution is -2.28. The lowest BCUT2D eigenvalue weighted by Gasteiger charge is -2.28. The zero-order valence-electron chi connectivity index (χ0n) is 16.2. The molecule has 1 N–H and O–H groups in total. The van der Waals surface area contributed by atoms with E-state index >= 15 is 0 Å². The number of hydrogen-bond donors (Lipinski definition) is 1. The smallest absolute Gasteiger partial charge is 0.245 e. The van der Waals surface area contributed by atoms with Crippen LogP contribution in [0.25, 0.3) is 16.8 Å². The molecule has 0 amide bonds. The zero-order valence-corrected chi connectivity index (χ0v) is 16.2. The summed E-state index contributed by atoms with van der Waals surface area (Å²) in [7, 11) is 3.66. The minimum atomic E-state index is 0.510. The van der Waals surface area contributed by atoms with Crippen molar-refractivity contribution >= 4 is 22.8 Å². The van der Waals surface area contributed by atoms with Crippen LogP contribution in [0.3, 0.4) is 0 Å². The Morgan fingerprint density at radius 1 is 1.07 bits per heavy atom. The molecule has 1 aliphatic rings. The summed E-state index contributed by atoms with van der Waals surface area (Å²) < 4.78 is 12.7. The van der Waals surface area contributed by atoms with Crippen molar-refractivity contribution in [3.8, 4) is 22.9 Å². The van der Waals surface area contributed by atoms with Crippen LogP contribution in [-0.4, -0.2) is 46.9 Å². The first-order chi connectivity index (χ1) is 14.2. The number of nitrogens with one attached hydrogen (secondary N) is 1.